The molecule has 0 fully saturated rings. The van der Waals surface area contributed by atoms with Gasteiger partial charge >= 0.3 is 0 Å². The maximum atomic E-state index is 9.09. The summed E-state index contributed by atoms with van der Waals surface area (Å²) in [5, 5.41) is 9.09. The van der Waals surface area contributed by atoms with Crippen LogP contribution >= 0.6 is 15.9 Å². The largest absolute Gasteiger partial charge is 0.496 e. The quantitative estimate of drug-likeness (QED) is 0.864. The van der Waals surface area contributed by atoms with Crippen LogP contribution in [0.3, 0.4) is 0 Å². The summed E-state index contributed by atoms with van der Waals surface area (Å²) in [6.45, 7) is 0.335. The van der Waals surface area contributed by atoms with Crippen molar-refractivity contribution in [2.45, 2.75) is 12.6 Å². The highest BCUT2D eigenvalue weighted by molar-refractivity contribution is 9.10. The highest BCUT2D eigenvalue weighted by atomic mass is 79.9. The molecule has 1 aromatic rings. The van der Waals surface area contributed by atoms with Crippen LogP contribution in [0.1, 0.15) is 17.2 Å². The Labute approximate surface area is 103 Å². The van der Waals surface area contributed by atoms with Gasteiger partial charge in [0.25, 0.3) is 0 Å². The summed E-state index contributed by atoms with van der Waals surface area (Å²) in [7, 11) is 3.21. The van der Waals surface area contributed by atoms with Gasteiger partial charge in [-0.3, -0.25) is 0 Å². The Kier molecular flexibility index (Phi) is 5.21. The van der Waals surface area contributed by atoms with Crippen molar-refractivity contribution in [1.82, 2.24) is 0 Å². The molecule has 4 nitrogen and oxygen atoms in total. The summed E-state index contributed by atoms with van der Waals surface area (Å²) in [5.74, 6) is 0.723. The molecule has 1 unspecified atom stereocenters. The molecule has 0 aromatic heterocycles. The topological polar surface area (TPSA) is 64.7 Å². The Balaban J connectivity index is 3.18. The Morgan fingerprint density at radius 1 is 1.44 bits per heavy atom. The first-order valence-electron chi connectivity index (χ1n) is 4.85. The lowest BCUT2D eigenvalue weighted by atomic mass is 10.0. The number of hydrogen-bond acceptors (Lipinski definition) is 4. The van der Waals surface area contributed by atoms with E-state index < -0.39 is 6.04 Å². The van der Waals surface area contributed by atoms with Gasteiger partial charge in [0, 0.05) is 7.11 Å². The minimum Gasteiger partial charge on any atom is -0.496 e. The molecule has 0 aliphatic heterocycles. The van der Waals surface area contributed by atoms with Crippen molar-refractivity contribution >= 4 is 15.9 Å². The van der Waals surface area contributed by atoms with E-state index in [-0.39, 0.29) is 6.61 Å². The van der Waals surface area contributed by atoms with Gasteiger partial charge in [0.1, 0.15) is 5.75 Å². The summed E-state index contributed by atoms with van der Waals surface area (Å²) >= 11 is 3.39. The molecule has 5 heteroatoms. The lowest BCUT2D eigenvalue weighted by Gasteiger charge is -2.16. The molecule has 0 heterocycles. The van der Waals surface area contributed by atoms with Crippen molar-refractivity contribution in [3.8, 4) is 5.75 Å². The van der Waals surface area contributed by atoms with Crippen LogP contribution in [0.2, 0.25) is 0 Å². The van der Waals surface area contributed by atoms with Gasteiger partial charge in [-0.1, -0.05) is 0 Å². The van der Waals surface area contributed by atoms with E-state index in [1.54, 1.807) is 14.2 Å². The molecule has 1 rings (SSSR count). The second-order valence-corrected chi connectivity index (χ2v) is 4.26. The molecule has 90 valence electrons. The zero-order valence-corrected chi connectivity index (χ0v) is 11.0. The van der Waals surface area contributed by atoms with Crippen LogP contribution in [0.5, 0.6) is 5.75 Å². The average Bonchev–Trinajstić information content (AvgIpc) is 2.30. The average molecular weight is 290 g/mol. The monoisotopic (exact) mass is 289 g/mol. The first-order chi connectivity index (χ1) is 7.63. The van der Waals surface area contributed by atoms with Crippen LogP contribution in [0, 0.1) is 0 Å². The molecule has 0 aliphatic carbocycles. The smallest absolute Gasteiger partial charge is 0.133 e. The Morgan fingerprint density at radius 3 is 2.62 bits per heavy atom. The Bertz CT molecular complexity index is 357. The molecule has 0 saturated carbocycles. The summed E-state index contributed by atoms with van der Waals surface area (Å²) in [6.07, 6.45) is 0. The number of methoxy groups -OCH3 is 2. The summed E-state index contributed by atoms with van der Waals surface area (Å²) in [4.78, 5) is 0. The fraction of sp³-hybridized carbons (Fsp3) is 0.455. The number of aliphatic hydroxyl groups excluding tert-OH is 1. The lowest BCUT2D eigenvalue weighted by Crippen LogP contribution is -2.17. The molecule has 0 spiro atoms. The number of benzene rings is 1. The predicted molar refractivity (Wildman–Crippen MR) is 65.4 cm³/mol. The van der Waals surface area contributed by atoms with Gasteiger partial charge in [0.15, 0.2) is 0 Å². The molecule has 1 aromatic carbocycles. The minimum atomic E-state index is -0.410. The fourth-order valence-electron chi connectivity index (χ4n) is 1.49. The third-order valence-electron chi connectivity index (χ3n) is 2.31. The van der Waals surface area contributed by atoms with Crippen molar-refractivity contribution in [2.75, 3.05) is 20.8 Å². The molecule has 16 heavy (non-hydrogen) atoms. The van der Waals surface area contributed by atoms with E-state index in [1.807, 2.05) is 12.1 Å². The van der Waals surface area contributed by atoms with E-state index in [4.69, 9.17) is 20.3 Å². The van der Waals surface area contributed by atoms with Crippen molar-refractivity contribution in [3.63, 3.8) is 0 Å². The maximum absolute atomic E-state index is 9.09. The molecule has 0 saturated heterocycles. The van der Waals surface area contributed by atoms with Crippen LogP contribution in [-0.2, 0) is 11.3 Å². The number of halogens is 1. The number of rotatable bonds is 5. The summed E-state index contributed by atoms with van der Waals surface area (Å²) in [5.41, 5.74) is 7.60. The second-order valence-electron chi connectivity index (χ2n) is 3.41. The van der Waals surface area contributed by atoms with Crippen LogP contribution in [0.25, 0.3) is 0 Å². The normalized spacial score (nSPS) is 12.6. The first kappa shape index (κ1) is 13.4. The molecular formula is C11H16BrNO3. The fourth-order valence-corrected chi connectivity index (χ4v) is 2.01. The first-order valence-corrected chi connectivity index (χ1v) is 5.65. The van der Waals surface area contributed by atoms with Gasteiger partial charge in [-0.2, -0.15) is 0 Å². The summed E-state index contributed by atoms with van der Waals surface area (Å²) in [6, 6.07) is 3.30. The van der Waals surface area contributed by atoms with Crippen LogP contribution in [0.4, 0.5) is 0 Å². The third kappa shape index (κ3) is 2.95. The van der Waals surface area contributed by atoms with Gasteiger partial charge in [-0.05, 0) is 39.2 Å². The molecule has 3 N–H and O–H groups in total. The highest BCUT2D eigenvalue weighted by Crippen LogP contribution is 2.31. The van der Waals surface area contributed by atoms with Crippen LogP contribution in [0.15, 0.2) is 16.6 Å². The van der Waals surface area contributed by atoms with Crippen LogP contribution < -0.4 is 10.5 Å². The molecule has 0 bridgehead atoms. The molecule has 0 amide bonds. The number of ether oxygens (including phenoxy) is 2. The van der Waals surface area contributed by atoms with Gasteiger partial charge < -0.3 is 20.3 Å². The van der Waals surface area contributed by atoms with Gasteiger partial charge in [0.2, 0.25) is 0 Å². The molecule has 0 radical (unpaired) electrons. The highest BCUT2D eigenvalue weighted by Gasteiger charge is 2.14. The number of nitrogens with two attached hydrogens (primary N) is 1. The predicted octanol–water partition coefficient (Wildman–Crippen LogP) is 1.60. The van der Waals surface area contributed by atoms with Crippen molar-refractivity contribution in [2.24, 2.45) is 5.73 Å². The third-order valence-corrected chi connectivity index (χ3v) is 2.93. The zero-order valence-electron chi connectivity index (χ0n) is 9.37. The molecular weight excluding hydrogens is 274 g/mol. The van der Waals surface area contributed by atoms with Gasteiger partial charge in [-0.15, -0.1) is 0 Å². The van der Waals surface area contributed by atoms with Crippen molar-refractivity contribution in [1.29, 1.82) is 0 Å². The standard InChI is InChI=1S/C11H16BrNO3/c1-15-6-7-3-11(16-2)9(12)4-8(7)10(13)5-14/h3-4,10,14H,5-6,13H2,1-2H3. The Morgan fingerprint density at radius 2 is 2.12 bits per heavy atom. The number of hydrogen-bond donors (Lipinski definition) is 2. The van der Waals surface area contributed by atoms with E-state index in [9.17, 15) is 0 Å². The SMILES string of the molecule is COCc1cc(OC)c(Br)cc1C(N)CO. The molecule has 1 atom stereocenters. The second kappa shape index (κ2) is 6.20. The van der Waals surface area contributed by atoms with Crippen molar-refractivity contribution in [3.05, 3.63) is 27.7 Å². The number of aliphatic hydroxyl groups is 1. The van der Waals surface area contributed by atoms with Crippen LogP contribution in [-0.4, -0.2) is 25.9 Å². The van der Waals surface area contributed by atoms with E-state index in [1.165, 1.54) is 0 Å². The summed E-state index contributed by atoms with van der Waals surface area (Å²) < 4.78 is 11.1. The van der Waals surface area contributed by atoms with Crippen molar-refractivity contribution < 1.29 is 14.6 Å². The molecule has 0 aliphatic rings. The zero-order chi connectivity index (χ0) is 12.1. The van der Waals surface area contributed by atoms with E-state index in [0.29, 0.717) is 6.61 Å². The minimum absolute atomic E-state index is 0.102. The van der Waals surface area contributed by atoms with E-state index in [0.717, 1.165) is 21.3 Å². The maximum Gasteiger partial charge on any atom is 0.133 e. The van der Waals surface area contributed by atoms with Gasteiger partial charge in [-0.25, -0.2) is 0 Å². The van der Waals surface area contributed by atoms with E-state index in [2.05, 4.69) is 15.9 Å². The van der Waals surface area contributed by atoms with Gasteiger partial charge in [0.05, 0.1) is 30.8 Å². The lowest BCUT2D eigenvalue weighted by molar-refractivity contribution is 0.182. The Hall–Kier alpha value is -0.620. The van der Waals surface area contributed by atoms with E-state index >= 15 is 0 Å².